The van der Waals surface area contributed by atoms with E-state index in [-0.39, 0.29) is 5.91 Å². The van der Waals surface area contributed by atoms with E-state index in [4.69, 9.17) is 5.73 Å². The minimum atomic E-state index is -0.440. The SMILES string of the molecule is Nc1cccc(C(=O)NCC(O)C2CCCCC2)c1. The van der Waals surface area contributed by atoms with E-state index >= 15 is 0 Å². The van der Waals surface area contributed by atoms with Gasteiger partial charge in [0.15, 0.2) is 0 Å². The Hall–Kier alpha value is -1.55. The first-order valence-electron chi connectivity index (χ1n) is 6.98. The number of aliphatic hydroxyl groups excluding tert-OH is 1. The van der Waals surface area contributed by atoms with Crippen LogP contribution in [0, 0.1) is 5.92 Å². The standard InChI is InChI=1S/C15H22N2O2/c16-13-8-4-7-12(9-13)15(19)17-10-14(18)11-5-2-1-3-6-11/h4,7-9,11,14,18H,1-3,5-6,10,16H2,(H,17,19). The zero-order chi connectivity index (χ0) is 13.7. The van der Waals surface area contributed by atoms with Gasteiger partial charge < -0.3 is 16.2 Å². The van der Waals surface area contributed by atoms with Gasteiger partial charge >= 0.3 is 0 Å². The summed E-state index contributed by atoms with van der Waals surface area (Å²) in [5.74, 6) is 0.150. The lowest BCUT2D eigenvalue weighted by Gasteiger charge is -2.26. The first-order chi connectivity index (χ1) is 9.16. The molecule has 0 radical (unpaired) electrons. The Morgan fingerprint density at radius 1 is 1.37 bits per heavy atom. The molecule has 4 N–H and O–H groups in total. The van der Waals surface area contributed by atoms with Crippen LogP contribution in [0.2, 0.25) is 0 Å². The van der Waals surface area contributed by atoms with E-state index in [1.165, 1.54) is 19.3 Å². The van der Waals surface area contributed by atoms with Crippen LogP contribution < -0.4 is 11.1 Å². The summed E-state index contributed by atoms with van der Waals surface area (Å²) in [6.45, 7) is 0.318. The molecule has 19 heavy (non-hydrogen) atoms. The third-order valence-electron chi connectivity index (χ3n) is 3.81. The largest absolute Gasteiger partial charge is 0.399 e. The topological polar surface area (TPSA) is 75.4 Å². The normalized spacial score (nSPS) is 17.9. The van der Waals surface area contributed by atoms with E-state index in [0.29, 0.717) is 23.7 Å². The van der Waals surface area contributed by atoms with E-state index in [1.807, 2.05) is 0 Å². The number of hydrogen-bond acceptors (Lipinski definition) is 3. The lowest BCUT2D eigenvalue weighted by atomic mass is 9.85. The Morgan fingerprint density at radius 2 is 2.11 bits per heavy atom. The highest BCUT2D eigenvalue weighted by Gasteiger charge is 2.22. The number of anilines is 1. The number of nitrogen functional groups attached to an aromatic ring is 1. The van der Waals surface area contributed by atoms with Crippen LogP contribution in [0.4, 0.5) is 5.69 Å². The van der Waals surface area contributed by atoms with Crippen molar-refractivity contribution in [3.05, 3.63) is 29.8 Å². The van der Waals surface area contributed by atoms with Crippen molar-refractivity contribution in [2.24, 2.45) is 5.92 Å². The van der Waals surface area contributed by atoms with Crippen LogP contribution in [0.1, 0.15) is 42.5 Å². The molecule has 4 heteroatoms. The zero-order valence-electron chi connectivity index (χ0n) is 11.1. The average molecular weight is 262 g/mol. The maximum atomic E-state index is 11.9. The lowest BCUT2D eigenvalue weighted by molar-refractivity contribution is 0.0738. The lowest BCUT2D eigenvalue weighted by Crippen LogP contribution is -2.37. The number of rotatable bonds is 4. The molecule has 0 aromatic heterocycles. The molecule has 1 aromatic rings. The van der Waals surface area contributed by atoms with Crippen LogP contribution >= 0.6 is 0 Å². The highest BCUT2D eigenvalue weighted by atomic mass is 16.3. The number of nitrogens with one attached hydrogen (secondary N) is 1. The molecule has 1 aliphatic carbocycles. The summed E-state index contributed by atoms with van der Waals surface area (Å²) in [7, 11) is 0. The summed E-state index contributed by atoms with van der Waals surface area (Å²) in [5, 5.41) is 12.9. The summed E-state index contributed by atoms with van der Waals surface area (Å²) < 4.78 is 0. The Morgan fingerprint density at radius 3 is 2.79 bits per heavy atom. The number of nitrogens with two attached hydrogens (primary N) is 1. The van der Waals surface area contributed by atoms with Gasteiger partial charge in [0.05, 0.1) is 6.10 Å². The molecule has 4 nitrogen and oxygen atoms in total. The Kier molecular flexibility index (Phi) is 4.80. The van der Waals surface area contributed by atoms with Gasteiger partial charge in [-0.3, -0.25) is 4.79 Å². The van der Waals surface area contributed by atoms with Crippen LogP contribution in [0.15, 0.2) is 24.3 Å². The highest BCUT2D eigenvalue weighted by molar-refractivity contribution is 5.94. The van der Waals surface area contributed by atoms with E-state index in [1.54, 1.807) is 24.3 Å². The van der Waals surface area contributed by atoms with Crippen LogP contribution in [0.25, 0.3) is 0 Å². The summed E-state index contributed by atoms with van der Waals surface area (Å²) >= 11 is 0. The van der Waals surface area contributed by atoms with Gasteiger partial charge in [-0.2, -0.15) is 0 Å². The molecule has 0 spiro atoms. The quantitative estimate of drug-likeness (QED) is 0.726. The Balaban J connectivity index is 1.82. The third kappa shape index (κ3) is 3.96. The summed E-state index contributed by atoms with van der Waals surface area (Å²) in [6.07, 6.45) is 5.32. The van der Waals surface area contributed by atoms with Crippen molar-refractivity contribution in [3.63, 3.8) is 0 Å². The van der Waals surface area contributed by atoms with E-state index in [0.717, 1.165) is 12.8 Å². The maximum Gasteiger partial charge on any atom is 0.251 e. The molecule has 1 amide bonds. The van der Waals surface area contributed by atoms with Crippen LogP contribution in [-0.4, -0.2) is 23.7 Å². The van der Waals surface area contributed by atoms with Gasteiger partial charge in [0, 0.05) is 17.8 Å². The average Bonchev–Trinajstić information content (AvgIpc) is 2.45. The predicted molar refractivity (Wildman–Crippen MR) is 75.8 cm³/mol. The second-order valence-electron chi connectivity index (χ2n) is 5.30. The first-order valence-corrected chi connectivity index (χ1v) is 6.98. The van der Waals surface area contributed by atoms with Gasteiger partial charge in [-0.25, -0.2) is 0 Å². The van der Waals surface area contributed by atoms with Crippen molar-refractivity contribution in [1.29, 1.82) is 0 Å². The highest BCUT2D eigenvalue weighted by Crippen LogP contribution is 2.26. The summed E-state index contributed by atoms with van der Waals surface area (Å²) in [5.41, 5.74) is 6.75. The number of carbonyl (C=O) groups excluding carboxylic acids is 1. The van der Waals surface area contributed by atoms with Crippen molar-refractivity contribution in [1.82, 2.24) is 5.32 Å². The number of hydrogen-bond donors (Lipinski definition) is 3. The molecule has 1 aromatic carbocycles. The van der Waals surface area contributed by atoms with Crippen molar-refractivity contribution < 1.29 is 9.90 Å². The molecule has 104 valence electrons. The monoisotopic (exact) mass is 262 g/mol. The number of carbonyl (C=O) groups is 1. The van der Waals surface area contributed by atoms with Gasteiger partial charge in [0.2, 0.25) is 0 Å². The molecule has 1 saturated carbocycles. The maximum absolute atomic E-state index is 11.9. The van der Waals surface area contributed by atoms with Gasteiger partial charge in [0.1, 0.15) is 0 Å². The molecular weight excluding hydrogens is 240 g/mol. The zero-order valence-corrected chi connectivity index (χ0v) is 11.1. The fourth-order valence-electron chi connectivity index (χ4n) is 2.66. The minimum Gasteiger partial charge on any atom is -0.399 e. The van der Waals surface area contributed by atoms with Crippen molar-refractivity contribution in [2.75, 3.05) is 12.3 Å². The predicted octanol–water partition coefficient (Wildman–Crippen LogP) is 1.94. The second kappa shape index (κ2) is 6.57. The smallest absolute Gasteiger partial charge is 0.251 e. The second-order valence-corrected chi connectivity index (χ2v) is 5.30. The van der Waals surface area contributed by atoms with E-state index < -0.39 is 6.10 Å². The fraction of sp³-hybridized carbons (Fsp3) is 0.533. The van der Waals surface area contributed by atoms with Crippen LogP contribution in [-0.2, 0) is 0 Å². The molecular formula is C15H22N2O2. The molecule has 2 rings (SSSR count). The number of aliphatic hydroxyl groups is 1. The van der Waals surface area contributed by atoms with Gasteiger partial charge in [-0.1, -0.05) is 25.3 Å². The Bertz CT molecular complexity index is 428. The summed E-state index contributed by atoms with van der Waals surface area (Å²) in [6, 6.07) is 6.86. The van der Waals surface area contributed by atoms with Gasteiger partial charge in [-0.15, -0.1) is 0 Å². The van der Waals surface area contributed by atoms with Crippen molar-refractivity contribution in [2.45, 2.75) is 38.2 Å². The molecule has 1 fully saturated rings. The number of amides is 1. The van der Waals surface area contributed by atoms with E-state index in [9.17, 15) is 9.90 Å². The molecule has 0 heterocycles. The third-order valence-corrected chi connectivity index (χ3v) is 3.81. The number of benzene rings is 1. The fourth-order valence-corrected chi connectivity index (χ4v) is 2.66. The molecule has 1 aliphatic rings. The molecule has 1 unspecified atom stereocenters. The summed E-state index contributed by atoms with van der Waals surface area (Å²) in [4.78, 5) is 11.9. The van der Waals surface area contributed by atoms with Crippen LogP contribution in [0.3, 0.4) is 0 Å². The first kappa shape index (κ1) is 13.9. The van der Waals surface area contributed by atoms with E-state index in [2.05, 4.69) is 5.32 Å². The van der Waals surface area contributed by atoms with Crippen LogP contribution in [0.5, 0.6) is 0 Å². The molecule has 1 atom stereocenters. The van der Waals surface area contributed by atoms with Gasteiger partial charge in [0.25, 0.3) is 5.91 Å². The molecule has 0 bridgehead atoms. The minimum absolute atomic E-state index is 0.179. The molecule has 0 saturated heterocycles. The molecule has 0 aliphatic heterocycles. The Labute approximate surface area is 114 Å². The van der Waals surface area contributed by atoms with Crippen molar-refractivity contribution in [3.8, 4) is 0 Å². The van der Waals surface area contributed by atoms with Crippen molar-refractivity contribution >= 4 is 11.6 Å². The van der Waals surface area contributed by atoms with Gasteiger partial charge in [-0.05, 0) is 37.0 Å².